The van der Waals surface area contributed by atoms with Gasteiger partial charge in [-0.3, -0.25) is 9.59 Å². The van der Waals surface area contributed by atoms with E-state index in [0.29, 0.717) is 32.6 Å². The molecular weight excluding hydrogens is 372 g/mol. The van der Waals surface area contributed by atoms with Gasteiger partial charge in [-0.05, 0) is 41.8 Å². The average Bonchev–Trinajstić information content (AvgIpc) is 3.17. The average molecular weight is 387 g/mol. The number of ether oxygens (including phenoxy) is 1. The van der Waals surface area contributed by atoms with Crippen LogP contribution in [-0.2, 0) is 0 Å². The summed E-state index contributed by atoms with van der Waals surface area (Å²) in [5.41, 5.74) is 1.51. The van der Waals surface area contributed by atoms with E-state index >= 15 is 0 Å². The third-order valence-corrected chi connectivity index (χ3v) is 4.64. The summed E-state index contributed by atoms with van der Waals surface area (Å²) in [7, 11) is 1.50. The first-order chi connectivity index (χ1) is 12.6. The molecule has 26 heavy (non-hydrogen) atoms. The highest BCUT2D eigenvalue weighted by Crippen LogP contribution is 2.29. The fourth-order valence-corrected chi connectivity index (χ4v) is 3.11. The van der Waals surface area contributed by atoms with Crippen LogP contribution in [0.2, 0.25) is 5.02 Å². The molecule has 1 heterocycles. The van der Waals surface area contributed by atoms with Crippen LogP contribution in [0, 0.1) is 0 Å². The Morgan fingerprint density at radius 1 is 1.00 bits per heavy atom. The van der Waals surface area contributed by atoms with E-state index in [0.717, 1.165) is 0 Å². The lowest BCUT2D eigenvalue weighted by molar-refractivity contribution is 0.102. The van der Waals surface area contributed by atoms with E-state index in [1.807, 2.05) is 11.4 Å². The van der Waals surface area contributed by atoms with Gasteiger partial charge in [-0.1, -0.05) is 23.7 Å². The van der Waals surface area contributed by atoms with Crippen LogP contribution >= 0.6 is 22.9 Å². The summed E-state index contributed by atoms with van der Waals surface area (Å²) in [5.74, 6) is -0.0577. The van der Waals surface area contributed by atoms with Gasteiger partial charge in [0, 0.05) is 22.3 Å². The van der Waals surface area contributed by atoms with Gasteiger partial charge < -0.3 is 15.4 Å². The Balaban J connectivity index is 1.76. The molecule has 0 spiro atoms. The lowest BCUT2D eigenvalue weighted by atomic mass is 10.2. The van der Waals surface area contributed by atoms with Crippen molar-refractivity contribution < 1.29 is 14.3 Å². The van der Waals surface area contributed by atoms with Gasteiger partial charge in [-0.2, -0.15) is 0 Å². The molecule has 5 nitrogen and oxygen atoms in total. The molecular formula is C19H15ClN2O3S. The fourth-order valence-electron chi connectivity index (χ4n) is 2.30. The highest BCUT2D eigenvalue weighted by molar-refractivity contribution is 7.12. The number of amides is 2. The molecule has 0 bridgehead atoms. The highest BCUT2D eigenvalue weighted by atomic mass is 35.5. The Bertz CT molecular complexity index is 942. The second kappa shape index (κ2) is 8.03. The molecule has 2 amide bonds. The van der Waals surface area contributed by atoms with Crippen LogP contribution in [0.1, 0.15) is 20.0 Å². The molecule has 3 aromatic rings. The van der Waals surface area contributed by atoms with Crippen LogP contribution in [0.25, 0.3) is 0 Å². The van der Waals surface area contributed by atoms with Crippen molar-refractivity contribution in [3.8, 4) is 5.75 Å². The van der Waals surface area contributed by atoms with Crippen molar-refractivity contribution in [1.29, 1.82) is 0 Å². The number of anilines is 2. The van der Waals surface area contributed by atoms with Gasteiger partial charge >= 0.3 is 0 Å². The predicted molar refractivity (Wildman–Crippen MR) is 105 cm³/mol. The van der Waals surface area contributed by atoms with Gasteiger partial charge in [0.25, 0.3) is 11.8 Å². The van der Waals surface area contributed by atoms with Crippen LogP contribution in [0.4, 0.5) is 11.4 Å². The lowest BCUT2D eigenvalue weighted by Gasteiger charge is -2.12. The number of hydrogen-bond donors (Lipinski definition) is 2. The Morgan fingerprint density at radius 2 is 1.85 bits per heavy atom. The summed E-state index contributed by atoms with van der Waals surface area (Å²) in [6.45, 7) is 0. The molecule has 0 radical (unpaired) electrons. The quantitative estimate of drug-likeness (QED) is 0.654. The maximum Gasteiger partial charge on any atom is 0.265 e. The number of thiophene rings is 1. The number of rotatable bonds is 5. The summed E-state index contributed by atoms with van der Waals surface area (Å²) >= 11 is 7.27. The van der Waals surface area contributed by atoms with E-state index in [4.69, 9.17) is 16.3 Å². The van der Waals surface area contributed by atoms with Crippen molar-refractivity contribution in [3.05, 3.63) is 75.4 Å². The smallest absolute Gasteiger partial charge is 0.265 e. The topological polar surface area (TPSA) is 67.4 Å². The molecule has 1 aromatic heterocycles. The van der Waals surface area contributed by atoms with Gasteiger partial charge in [-0.15, -0.1) is 11.3 Å². The number of methoxy groups -OCH3 is 1. The van der Waals surface area contributed by atoms with Gasteiger partial charge in [0.15, 0.2) is 0 Å². The molecule has 0 unspecified atom stereocenters. The van der Waals surface area contributed by atoms with Crippen molar-refractivity contribution >= 4 is 46.1 Å². The standard InChI is InChI=1S/C19H15ClN2O3S/c1-25-16-11-14(21-18(23)12-4-2-5-13(20)10-12)7-8-15(16)22-19(24)17-6-3-9-26-17/h2-11H,1H3,(H,21,23)(H,22,24). The molecule has 0 aliphatic rings. The second-order valence-electron chi connectivity index (χ2n) is 5.31. The third-order valence-electron chi connectivity index (χ3n) is 3.54. The van der Waals surface area contributed by atoms with Crippen LogP contribution < -0.4 is 15.4 Å². The summed E-state index contributed by atoms with van der Waals surface area (Å²) in [4.78, 5) is 25.1. The summed E-state index contributed by atoms with van der Waals surface area (Å²) < 4.78 is 5.33. The van der Waals surface area contributed by atoms with Crippen molar-refractivity contribution in [1.82, 2.24) is 0 Å². The van der Waals surface area contributed by atoms with Crippen LogP contribution in [0.5, 0.6) is 5.75 Å². The number of benzene rings is 2. The Kier molecular flexibility index (Phi) is 5.55. The normalized spacial score (nSPS) is 10.2. The molecule has 7 heteroatoms. The van der Waals surface area contributed by atoms with Gasteiger partial charge in [-0.25, -0.2) is 0 Å². The van der Waals surface area contributed by atoms with Gasteiger partial charge in [0.2, 0.25) is 0 Å². The Labute approximate surface area is 159 Å². The first kappa shape index (κ1) is 18.0. The first-order valence-corrected chi connectivity index (χ1v) is 8.92. The summed E-state index contributed by atoms with van der Waals surface area (Å²) in [5, 5.41) is 7.90. The summed E-state index contributed by atoms with van der Waals surface area (Å²) in [6.07, 6.45) is 0. The molecule has 132 valence electrons. The van der Waals surface area contributed by atoms with Gasteiger partial charge in [0.05, 0.1) is 17.7 Å². The van der Waals surface area contributed by atoms with E-state index in [1.165, 1.54) is 18.4 Å². The van der Waals surface area contributed by atoms with Crippen LogP contribution in [0.3, 0.4) is 0 Å². The van der Waals surface area contributed by atoms with Gasteiger partial charge in [0.1, 0.15) is 5.75 Å². The highest BCUT2D eigenvalue weighted by Gasteiger charge is 2.13. The van der Waals surface area contributed by atoms with Crippen molar-refractivity contribution in [2.45, 2.75) is 0 Å². The zero-order chi connectivity index (χ0) is 18.5. The molecule has 2 N–H and O–H groups in total. The Morgan fingerprint density at radius 3 is 2.54 bits per heavy atom. The molecule has 0 fully saturated rings. The van der Waals surface area contributed by atoms with Crippen LogP contribution in [0.15, 0.2) is 60.0 Å². The minimum absolute atomic E-state index is 0.214. The Hall–Kier alpha value is -2.83. The maximum atomic E-state index is 12.3. The van der Waals surface area contributed by atoms with E-state index in [-0.39, 0.29) is 11.8 Å². The zero-order valence-corrected chi connectivity index (χ0v) is 15.4. The summed E-state index contributed by atoms with van der Waals surface area (Å²) in [6, 6.07) is 15.2. The predicted octanol–water partition coefficient (Wildman–Crippen LogP) is 4.91. The number of hydrogen-bond acceptors (Lipinski definition) is 4. The largest absolute Gasteiger partial charge is 0.494 e. The first-order valence-electron chi connectivity index (χ1n) is 7.66. The number of carbonyl (C=O) groups is 2. The molecule has 2 aromatic carbocycles. The molecule has 0 saturated heterocycles. The second-order valence-corrected chi connectivity index (χ2v) is 6.70. The SMILES string of the molecule is COc1cc(NC(=O)c2cccc(Cl)c2)ccc1NC(=O)c1cccs1. The number of nitrogens with one attached hydrogen (secondary N) is 2. The molecule has 0 aliphatic heterocycles. The molecule has 3 rings (SSSR count). The zero-order valence-electron chi connectivity index (χ0n) is 13.8. The maximum absolute atomic E-state index is 12.3. The van der Waals surface area contributed by atoms with Crippen LogP contribution in [-0.4, -0.2) is 18.9 Å². The van der Waals surface area contributed by atoms with E-state index in [9.17, 15) is 9.59 Å². The fraction of sp³-hybridized carbons (Fsp3) is 0.0526. The lowest BCUT2D eigenvalue weighted by Crippen LogP contribution is -2.13. The molecule has 0 saturated carbocycles. The van der Waals surface area contributed by atoms with Crippen molar-refractivity contribution in [2.75, 3.05) is 17.7 Å². The third kappa shape index (κ3) is 4.22. The minimum Gasteiger partial charge on any atom is -0.494 e. The monoisotopic (exact) mass is 386 g/mol. The van der Waals surface area contributed by atoms with Crippen molar-refractivity contribution in [3.63, 3.8) is 0 Å². The molecule has 0 atom stereocenters. The van der Waals surface area contributed by atoms with E-state index in [1.54, 1.807) is 48.5 Å². The number of halogens is 1. The number of carbonyl (C=O) groups excluding carboxylic acids is 2. The van der Waals surface area contributed by atoms with E-state index in [2.05, 4.69) is 10.6 Å². The molecule has 0 aliphatic carbocycles. The van der Waals surface area contributed by atoms with Crippen molar-refractivity contribution in [2.24, 2.45) is 0 Å². The van der Waals surface area contributed by atoms with E-state index < -0.39 is 0 Å². The minimum atomic E-state index is -0.287.